The molecule has 0 saturated carbocycles. The standard InChI is InChI=1S/C8H6BrF3O2S/c1-5-2-3-6(9)7(4-5)15(13,14)8(10,11)12/h2-4H,1H3. The van der Waals surface area contributed by atoms with E-state index in [1.165, 1.54) is 19.1 Å². The minimum absolute atomic E-state index is 0.0922. The highest BCUT2D eigenvalue weighted by Crippen LogP contribution is 2.34. The maximum Gasteiger partial charge on any atom is 0.501 e. The van der Waals surface area contributed by atoms with E-state index in [4.69, 9.17) is 0 Å². The molecule has 0 unspecified atom stereocenters. The van der Waals surface area contributed by atoms with E-state index in [1.54, 1.807) is 0 Å². The molecule has 0 aromatic heterocycles. The first-order valence-corrected chi connectivity index (χ1v) is 6.01. The van der Waals surface area contributed by atoms with Gasteiger partial charge in [-0.3, -0.25) is 0 Å². The molecule has 0 aliphatic carbocycles. The van der Waals surface area contributed by atoms with Gasteiger partial charge in [-0.1, -0.05) is 6.07 Å². The quantitative estimate of drug-likeness (QED) is 0.799. The molecule has 2 nitrogen and oxygen atoms in total. The van der Waals surface area contributed by atoms with E-state index in [0.29, 0.717) is 5.56 Å². The average Bonchev–Trinajstić information content (AvgIpc) is 2.07. The Hall–Kier alpha value is -0.560. The molecular weight excluding hydrogens is 297 g/mol. The summed E-state index contributed by atoms with van der Waals surface area (Å²) >= 11 is 2.78. The number of benzene rings is 1. The molecule has 84 valence electrons. The lowest BCUT2D eigenvalue weighted by Gasteiger charge is -2.10. The third-order valence-corrected chi connectivity index (χ3v) is 4.16. The second-order valence-corrected chi connectivity index (χ2v) is 5.65. The van der Waals surface area contributed by atoms with Crippen molar-refractivity contribution in [2.75, 3.05) is 0 Å². The van der Waals surface area contributed by atoms with Gasteiger partial charge in [0.25, 0.3) is 9.84 Å². The molecule has 0 N–H and O–H groups in total. The van der Waals surface area contributed by atoms with E-state index in [-0.39, 0.29) is 4.47 Å². The fourth-order valence-electron chi connectivity index (χ4n) is 0.941. The summed E-state index contributed by atoms with van der Waals surface area (Å²) in [6, 6.07) is 3.76. The van der Waals surface area contributed by atoms with Crippen LogP contribution in [0, 0.1) is 6.92 Å². The van der Waals surface area contributed by atoms with Crippen molar-refractivity contribution in [3.05, 3.63) is 28.2 Å². The molecule has 0 atom stereocenters. The Morgan fingerprint density at radius 3 is 2.27 bits per heavy atom. The van der Waals surface area contributed by atoms with Crippen LogP contribution in [0.25, 0.3) is 0 Å². The lowest BCUT2D eigenvalue weighted by molar-refractivity contribution is -0.0436. The molecule has 0 spiro atoms. The SMILES string of the molecule is Cc1ccc(Br)c(S(=O)(=O)C(F)(F)F)c1. The van der Waals surface area contributed by atoms with Crippen molar-refractivity contribution in [3.63, 3.8) is 0 Å². The van der Waals surface area contributed by atoms with Gasteiger partial charge in [-0.2, -0.15) is 13.2 Å². The maximum atomic E-state index is 12.2. The fraction of sp³-hybridized carbons (Fsp3) is 0.250. The number of alkyl halides is 3. The Morgan fingerprint density at radius 2 is 1.80 bits per heavy atom. The summed E-state index contributed by atoms with van der Waals surface area (Å²) in [7, 11) is -5.28. The Morgan fingerprint density at radius 1 is 1.27 bits per heavy atom. The molecule has 0 aliphatic heterocycles. The minimum Gasteiger partial charge on any atom is -0.214 e. The molecule has 1 aromatic rings. The summed E-state index contributed by atoms with van der Waals surface area (Å²) in [6.45, 7) is 1.52. The zero-order valence-corrected chi connectivity index (χ0v) is 9.87. The van der Waals surface area contributed by atoms with Crippen molar-refractivity contribution in [2.45, 2.75) is 17.3 Å². The first-order chi connectivity index (χ1) is 6.66. The van der Waals surface area contributed by atoms with Crippen molar-refractivity contribution in [2.24, 2.45) is 0 Å². The van der Waals surface area contributed by atoms with Crippen LogP contribution in [0.1, 0.15) is 5.56 Å². The Balaban J connectivity index is 3.47. The minimum atomic E-state index is -5.28. The monoisotopic (exact) mass is 302 g/mol. The van der Waals surface area contributed by atoms with E-state index in [0.717, 1.165) is 6.07 Å². The van der Waals surface area contributed by atoms with Gasteiger partial charge in [0.15, 0.2) is 0 Å². The van der Waals surface area contributed by atoms with Crippen molar-refractivity contribution in [1.82, 2.24) is 0 Å². The van der Waals surface area contributed by atoms with Crippen molar-refractivity contribution < 1.29 is 21.6 Å². The third kappa shape index (κ3) is 2.34. The molecular formula is C8H6BrF3O2S. The molecule has 1 rings (SSSR count). The first-order valence-electron chi connectivity index (χ1n) is 3.74. The van der Waals surface area contributed by atoms with Gasteiger partial charge in [-0.25, -0.2) is 8.42 Å². The molecule has 7 heteroatoms. The fourth-order valence-corrected chi connectivity index (χ4v) is 2.74. The van der Waals surface area contributed by atoms with Gasteiger partial charge in [0, 0.05) is 4.47 Å². The summed E-state index contributed by atoms with van der Waals surface area (Å²) < 4.78 is 58.7. The van der Waals surface area contributed by atoms with Crippen LogP contribution in [0.5, 0.6) is 0 Å². The maximum absolute atomic E-state index is 12.2. The van der Waals surface area contributed by atoms with E-state index < -0.39 is 20.2 Å². The van der Waals surface area contributed by atoms with E-state index in [9.17, 15) is 21.6 Å². The Kier molecular flexibility index (Phi) is 3.16. The molecule has 0 aliphatic rings. The van der Waals surface area contributed by atoms with Crippen LogP contribution in [0.2, 0.25) is 0 Å². The van der Waals surface area contributed by atoms with Gasteiger partial charge in [-0.15, -0.1) is 0 Å². The summed E-state index contributed by atoms with van der Waals surface area (Å²) in [5, 5.41) is 0. The highest BCUT2D eigenvalue weighted by Gasteiger charge is 2.47. The zero-order chi connectivity index (χ0) is 11.9. The Bertz CT molecular complexity index is 479. The molecule has 0 bridgehead atoms. The normalized spacial score (nSPS) is 12.9. The van der Waals surface area contributed by atoms with Crippen molar-refractivity contribution in [3.8, 4) is 0 Å². The number of rotatable bonds is 1. The second kappa shape index (κ2) is 3.79. The van der Waals surface area contributed by atoms with Crippen LogP contribution < -0.4 is 0 Å². The van der Waals surface area contributed by atoms with Crippen LogP contribution in [-0.4, -0.2) is 13.9 Å². The largest absolute Gasteiger partial charge is 0.501 e. The van der Waals surface area contributed by atoms with Crippen LogP contribution in [0.3, 0.4) is 0 Å². The lowest BCUT2D eigenvalue weighted by Crippen LogP contribution is -2.23. The van der Waals surface area contributed by atoms with Gasteiger partial charge in [0.1, 0.15) is 0 Å². The predicted molar refractivity (Wildman–Crippen MR) is 52.1 cm³/mol. The highest BCUT2D eigenvalue weighted by molar-refractivity contribution is 9.10. The van der Waals surface area contributed by atoms with Gasteiger partial charge < -0.3 is 0 Å². The zero-order valence-electron chi connectivity index (χ0n) is 7.47. The molecule has 1 aromatic carbocycles. The van der Waals surface area contributed by atoms with Crippen LogP contribution in [-0.2, 0) is 9.84 Å². The summed E-state index contributed by atoms with van der Waals surface area (Å²) in [5.41, 5.74) is -4.83. The van der Waals surface area contributed by atoms with Gasteiger partial charge in [0.05, 0.1) is 4.90 Å². The Labute approximate surface area is 93.2 Å². The predicted octanol–water partition coefficient (Wildman–Crippen LogP) is 3.05. The number of hydrogen-bond acceptors (Lipinski definition) is 2. The molecule has 0 fully saturated rings. The van der Waals surface area contributed by atoms with E-state index >= 15 is 0 Å². The second-order valence-electron chi connectivity index (χ2n) is 2.88. The van der Waals surface area contributed by atoms with Crippen LogP contribution in [0.15, 0.2) is 27.6 Å². The number of hydrogen-bond donors (Lipinski definition) is 0. The number of aryl methyl sites for hydroxylation is 1. The molecule has 0 amide bonds. The number of sulfone groups is 1. The highest BCUT2D eigenvalue weighted by atomic mass is 79.9. The van der Waals surface area contributed by atoms with Crippen LogP contribution in [0.4, 0.5) is 13.2 Å². The van der Waals surface area contributed by atoms with Crippen molar-refractivity contribution in [1.29, 1.82) is 0 Å². The van der Waals surface area contributed by atoms with Gasteiger partial charge in [0.2, 0.25) is 0 Å². The average molecular weight is 303 g/mol. The lowest BCUT2D eigenvalue weighted by atomic mass is 10.2. The molecule has 15 heavy (non-hydrogen) atoms. The summed E-state index contributed by atoms with van der Waals surface area (Å²) in [6.07, 6.45) is 0. The van der Waals surface area contributed by atoms with Gasteiger partial charge in [-0.05, 0) is 40.5 Å². The van der Waals surface area contributed by atoms with E-state index in [2.05, 4.69) is 15.9 Å². The van der Waals surface area contributed by atoms with Crippen molar-refractivity contribution >= 4 is 25.8 Å². The summed E-state index contributed by atoms with van der Waals surface area (Å²) in [4.78, 5) is -0.755. The topological polar surface area (TPSA) is 34.1 Å². The summed E-state index contributed by atoms with van der Waals surface area (Å²) in [5.74, 6) is 0. The smallest absolute Gasteiger partial charge is 0.214 e. The van der Waals surface area contributed by atoms with Crippen LogP contribution >= 0.6 is 15.9 Å². The third-order valence-electron chi connectivity index (χ3n) is 1.68. The molecule has 0 radical (unpaired) electrons. The first kappa shape index (κ1) is 12.5. The van der Waals surface area contributed by atoms with E-state index in [1.807, 2.05) is 0 Å². The van der Waals surface area contributed by atoms with Gasteiger partial charge >= 0.3 is 5.51 Å². The number of halogens is 4. The molecule has 0 saturated heterocycles. The molecule has 0 heterocycles.